The molecule has 16 heavy (non-hydrogen) atoms. The molecule has 0 fully saturated rings. The van der Waals surface area contributed by atoms with Crippen molar-refractivity contribution in [3.05, 3.63) is 29.8 Å². The van der Waals surface area contributed by atoms with Crippen LogP contribution < -0.4 is 0 Å². The maximum atomic E-state index is 9.77. The van der Waals surface area contributed by atoms with E-state index in [1.807, 2.05) is 18.2 Å². The Kier molecular flexibility index (Phi) is 5.33. The zero-order chi connectivity index (χ0) is 12.0. The topological polar surface area (TPSA) is 23.5 Å². The number of rotatable bonds is 6. The number of hydrogen-bond donors (Lipinski definition) is 1. The molecule has 0 bridgehead atoms. The number of nitrogens with zero attached hydrogens (tertiary/aromatic N) is 1. The van der Waals surface area contributed by atoms with Gasteiger partial charge in [0.2, 0.25) is 0 Å². The van der Waals surface area contributed by atoms with Gasteiger partial charge in [0.15, 0.2) is 0 Å². The molecule has 0 aliphatic rings. The molecule has 2 nitrogen and oxygen atoms in total. The summed E-state index contributed by atoms with van der Waals surface area (Å²) in [5.74, 6) is 0.400. The average molecular weight is 221 g/mol. The van der Waals surface area contributed by atoms with Crippen LogP contribution in [0.5, 0.6) is 5.75 Å². The van der Waals surface area contributed by atoms with Gasteiger partial charge in [-0.05, 0) is 33.0 Å². The van der Waals surface area contributed by atoms with Crippen molar-refractivity contribution in [2.75, 3.05) is 13.6 Å². The van der Waals surface area contributed by atoms with E-state index in [-0.39, 0.29) is 6.04 Å². The second-order valence-electron chi connectivity index (χ2n) is 4.42. The minimum Gasteiger partial charge on any atom is -0.508 e. The molecule has 1 unspecified atom stereocenters. The molecule has 0 radical (unpaired) electrons. The molecule has 0 aliphatic carbocycles. The van der Waals surface area contributed by atoms with Gasteiger partial charge in [-0.25, -0.2) is 0 Å². The summed E-state index contributed by atoms with van der Waals surface area (Å²) in [6.07, 6.45) is 3.75. The Morgan fingerprint density at radius 3 is 2.56 bits per heavy atom. The van der Waals surface area contributed by atoms with Crippen LogP contribution in [0.3, 0.4) is 0 Å². The Labute approximate surface area is 98.9 Å². The predicted octanol–water partition coefficient (Wildman–Crippen LogP) is 3.58. The van der Waals surface area contributed by atoms with Crippen molar-refractivity contribution in [3.8, 4) is 5.75 Å². The minimum absolute atomic E-state index is 0.276. The van der Waals surface area contributed by atoms with Crippen molar-refractivity contribution in [1.29, 1.82) is 0 Å². The average Bonchev–Trinajstić information content (AvgIpc) is 2.29. The fourth-order valence-electron chi connectivity index (χ4n) is 1.88. The van der Waals surface area contributed by atoms with Gasteiger partial charge in [-0.2, -0.15) is 0 Å². The van der Waals surface area contributed by atoms with Crippen molar-refractivity contribution in [1.82, 2.24) is 4.90 Å². The first-order valence-electron chi connectivity index (χ1n) is 6.15. The predicted molar refractivity (Wildman–Crippen MR) is 68.7 cm³/mol. The zero-order valence-corrected chi connectivity index (χ0v) is 10.6. The van der Waals surface area contributed by atoms with Crippen molar-refractivity contribution in [2.24, 2.45) is 0 Å². The lowest BCUT2D eigenvalue weighted by Crippen LogP contribution is -2.23. The largest absolute Gasteiger partial charge is 0.508 e. The Morgan fingerprint density at radius 1 is 1.25 bits per heavy atom. The molecular formula is C14H23NO. The quantitative estimate of drug-likeness (QED) is 0.742. The number of phenolic OH excluding ortho intramolecular Hbond substituents is 1. The summed E-state index contributed by atoms with van der Waals surface area (Å²) in [7, 11) is 2.12. The summed E-state index contributed by atoms with van der Waals surface area (Å²) in [6, 6.07) is 7.87. The van der Waals surface area contributed by atoms with Crippen LogP contribution in [0.4, 0.5) is 0 Å². The van der Waals surface area contributed by atoms with Crippen molar-refractivity contribution < 1.29 is 5.11 Å². The third-order valence-corrected chi connectivity index (χ3v) is 3.16. The second kappa shape index (κ2) is 6.54. The molecule has 0 aliphatic heterocycles. The van der Waals surface area contributed by atoms with E-state index in [0.29, 0.717) is 5.75 Å². The number of phenols is 1. The van der Waals surface area contributed by atoms with Crippen LogP contribution in [-0.4, -0.2) is 23.6 Å². The van der Waals surface area contributed by atoms with E-state index in [2.05, 4.69) is 25.8 Å². The number of para-hydroxylation sites is 1. The first-order valence-corrected chi connectivity index (χ1v) is 6.15. The van der Waals surface area contributed by atoms with Crippen LogP contribution in [0.2, 0.25) is 0 Å². The highest BCUT2D eigenvalue weighted by Gasteiger charge is 2.13. The summed E-state index contributed by atoms with van der Waals surface area (Å²) < 4.78 is 0. The van der Waals surface area contributed by atoms with Gasteiger partial charge in [-0.1, -0.05) is 38.0 Å². The normalized spacial score (nSPS) is 13.0. The van der Waals surface area contributed by atoms with Gasteiger partial charge in [0.05, 0.1) is 0 Å². The zero-order valence-electron chi connectivity index (χ0n) is 10.6. The molecule has 0 aromatic heterocycles. The van der Waals surface area contributed by atoms with Gasteiger partial charge in [0.25, 0.3) is 0 Å². The lowest BCUT2D eigenvalue weighted by molar-refractivity contribution is 0.251. The summed E-state index contributed by atoms with van der Waals surface area (Å²) in [5.41, 5.74) is 1.02. The van der Waals surface area contributed by atoms with E-state index in [1.165, 1.54) is 19.3 Å². The first kappa shape index (κ1) is 13.0. The van der Waals surface area contributed by atoms with Gasteiger partial charge < -0.3 is 5.11 Å². The molecule has 0 amide bonds. The number of hydrogen-bond acceptors (Lipinski definition) is 2. The van der Waals surface area contributed by atoms with Crippen LogP contribution in [-0.2, 0) is 0 Å². The van der Waals surface area contributed by atoms with E-state index >= 15 is 0 Å². The molecule has 1 atom stereocenters. The van der Waals surface area contributed by atoms with Crippen LogP contribution in [0.1, 0.15) is 44.7 Å². The van der Waals surface area contributed by atoms with Gasteiger partial charge in [0, 0.05) is 11.6 Å². The molecule has 1 aromatic carbocycles. The lowest BCUT2D eigenvalue weighted by atomic mass is 10.1. The fraction of sp³-hybridized carbons (Fsp3) is 0.571. The molecule has 1 N–H and O–H groups in total. The fourth-order valence-corrected chi connectivity index (χ4v) is 1.88. The van der Waals surface area contributed by atoms with Gasteiger partial charge in [0.1, 0.15) is 5.75 Å². The third kappa shape index (κ3) is 3.53. The van der Waals surface area contributed by atoms with E-state index in [9.17, 15) is 5.11 Å². The van der Waals surface area contributed by atoms with E-state index in [0.717, 1.165) is 12.1 Å². The number of unbranched alkanes of at least 4 members (excludes halogenated alkanes) is 2. The molecule has 0 saturated carbocycles. The van der Waals surface area contributed by atoms with Crippen LogP contribution in [0, 0.1) is 0 Å². The smallest absolute Gasteiger partial charge is 0.120 e. The van der Waals surface area contributed by atoms with Crippen molar-refractivity contribution in [2.45, 2.75) is 39.2 Å². The van der Waals surface area contributed by atoms with E-state index < -0.39 is 0 Å². The molecule has 2 heteroatoms. The van der Waals surface area contributed by atoms with Crippen LogP contribution in [0.15, 0.2) is 24.3 Å². The van der Waals surface area contributed by atoms with Crippen molar-refractivity contribution >= 4 is 0 Å². The Hall–Kier alpha value is -1.02. The molecule has 0 saturated heterocycles. The van der Waals surface area contributed by atoms with Crippen molar-refractivity contribution in [3.63, 3.8) is 0 Å². The number of aromatic hydroxyl groups is 1. The Balaban J connectivity index is 2.56. The van der Waals surface area contributed by atoms with Crippen LogP contribution in [0.25, 0.3) is 0 Å². The SMILES string of the molecule is CCCCCN(C)C(C)c1ccccc1O. The summed E-state index contributed by atoms with van der Waals surface area (Å²) in [5, 5.41) is 9.77. The third-order valence-electron chi connectivity index (χ3n) is 3.16. The Morgan fingerprint density at radius 2 is 1.94 bits per heavy atom. The van der Waals surface area contributed by atoms with Gasteiger partial charge >= 0.3 is 0 Å². The highest BCUT2D eigenvalue weighted by Crippen LogP contribution is 2.27. The summed E-state index contributed by atoms with van der Waals surface area (Å²) >= 11 is 0. The highest BCUT2D eigenvalue weighted by atomic mass is 16.3. The molecule has 1 aromatic rings. The van der Waals surface area contributed by atoms with Crippen LogP contribution >= 0.6 is 0 Å². The van der Waals surface area contributed by atoms with Gasteiger partial charge in [-0.3, -0.25) is 4.90 Å². The summed E-state index contributed by atoms with van der Waals surface area (Å²) in [4.78, 5) is 2.30. The molecular weight excluding hydrogens is 198 g/mol. The Bertz CT molecular complexity index is 311. The second-order valence-corrected chi connectivity index (χ2v) is 4.42. The highest BCUT2D eigenvalue weighted by molar-refractivity contribution is 5.34. The molecule has 0 heterocycles. The molecule has 1 rings (SSSR count). The number of benzene rings is 1. The lowest BCUT2D eigenvalue weighted by Gasteiger charge is -2.25. The monoisotopic (exact) mass is 221 g/mol. The summed E-state index contributed by atoms with van der Waals surface area (Å²) in [6.45, 7) is 5.44. The van der Waals surface area contributed by atoms with E-state index in [1.54, 1.807) is 6.07 Å². The van der Waals surface area contributed by atoms with E-state index in [4.69, 9.17) is 0 Å². The van der Waals surface area contributed by atoms with Gasteiger partial charge in [-0.15, -0.1) is 0 Å². The first-order chi connectivity index (χ1) is 7.66. The maximum absolute atomic E-state index is 9.77. The standard InChI is InChI=1S/C14H23NO/c1-4-5-8-11-15(3)12(2)13-9-6-7-10-14(13)16/h6-7,9-10,12,16H,4-5,8,11H2,1-3H3. The maximum Gasteiger partial charge on any atom is 0.120 e. The minimum atomic E-state index is 0.276. The molecule has 0 spiro atoms. The molecule has 90 valence electrons.